The molecule has 0 atom stereocenters. The van der Waals surface area contributed by atoms with E-state index in [9.17, 15) is 9.59 Å². The molecule has 4 aliphatic heterocycles. The molecule has 332 valence electrons. The number of benzene rings is 8. The number of fused-ring (bicyclic) bond motifs is 4. The van der Waals surface area contributed by atoms with E-state index in [1.165, 1.54) is 97.1 Å². The Morgan fingerprint density at radius 3 is 1.15 bits per heavy atom. The first-order chi connectivity index (χ1) is 32.1. The lowest BCUT2D eigenvalue weighted by Crippen LogP contribution is -2.55. The minimum absolute atomic E-state index is 0.0554. The number of alkyl halides is 6. The quantitative estimate of drug-likeness (QED) is 0.0790. The normalized spacial score (nSPS) is 12.5. The number of ether oxygens (including phenoxy) is 4. The highest BCUT2D eigenvalue weighted by Gasteiger charge is 2.75. The van der Waals surface area contributed by atoms with Crippen molar-refractivity contribution < 1.29 is 54.9 Å². The molecule has 0 aromatic heterocycles. The summed E-state index contributed by atoms with van der Waals surface area (Å²) < 4.78 is 122. The van der Waals surface area contributed by atoms with Gasteiger partial charge in [-0.1, -0.05) is 48.5 Å². The van der Waals surface area contributed by atoms with Gasteiger partial charge >= 0.3 is 12.4 Å². The Morgan fingerprint density at radius 1 is 0.433 bits per heavy atom. The molecule has 4 aliphatic rings. The zero-order chi connectivity index (χ0) is 46.8. The van der Waals surface area contributed by atoms with Crippen molar-refractivity contribution >= 4 is 22.9 Å². The van der Waals surface area contributed by atoms with Crippen LogP contribution in [0, 0.1) is 0 Å². The topological polar surface area (TPSA) is 123 Å². The van der Waals surface area contributed by atoms with Crippen LogP contribution >= 0.6 is 0 Å². The van der Waals surface area contributed by atoms with Gasteiger partial charge in [0.1, 0.15) is 46.0 Å². The van der Waals surface area contributed by atoms with Crippen LogP contribution in [0.3, 0.4) is 0 Å². The summed E-state index contributed by atoms with van der Waals surface area (Å²) in [6, 6.07) is 39.4. The zero-order valence-electron chi connectivity index (χ0n) is 34.5. The molecular formula is C53H32F6N2O6. The number of ketones is 2. The van der Waals surface area contributed by atoms with E-state index >= 15 is 26.3 Å². The van der Waals surface area contributed by atoms with E-state index in [2.05, 4.69) is 0 Å². The fourth-order valence-electron chi connectivity index (χ4n) is 8.54. The summed E-state index contributed by atoms with van der Waals surface area (Å²) in [5.41, 5.74) is 4.33. The van der Waals surface area contributed by atoms with Gasteiger partial charge in [0.2, 0.25) is 5.41 Å². The van der Waals surface area contributed by atoms with Gasteiger partial charge in [-0.25, -0.2) is 0 Å². The highest BCUT2D eigenvalue weighted by atomic mass is 19.4. The van der Waals surface area contributed by atoms with Gasteiger partial charge in [-0.15, -0.1) is 0 Å². The van der Waals surface area contributed by atoms with Crippen LogP contribution in [0.1, 0.15) is 43.0 Å². The van der Waals surface area contributed by atoms with Crippen molar-refractivity contribution in [2.24, 2.45) is 0 Å². The van der Waals surface area contributed by atoms with E-state index in [0.29, 0.717) is 46.5 Å². The molecule has 12 rings (SSSR count). The average molecular weight is 907 g/mol. The van der Waals surface area contributed by atoms with E-state index in [1.54, 1.807) is 48.5 Å². The monoisotopic (exact) mass is 906 g/mol. The van der Waals surface area contributed by atoms with Gasteiger partial charge in [0.15, 0.2) is 11.6 Å². The van der Waals surface area contributed by atoms with Crippen molar-refractivity contribution in [2.45, 2.75) is 17.8 Å². The summed E-state index contributed by atoms with van der Waals surface area (Å²) in [5, 5.41) is 0. The number of halogens is 6. The SMILES string of the molecule is Nc1cccc(Oc2ccc(C(=O)c3ccc(C(c4ccc(C(=O)c5ccc(Oc6cccc(N)c6)cc5)c5c4Oc4ccc-5cc4)(C(F)(F)F)C(F)(F)F)c4c3-c3ccc(cc3)O4)cc2)c1. The molecule has 4 heterocycles. The lowest BCUT2D eigenvalue weighted by molar-refractivity contribution is -0.289. The molecule has 0 aliphatic carbocycles. The summed E-state index contributed by atoms with van der Waals surface area (Å²) in [7, 11) is 0. The standard InChI is InChI=1S/C53H32F6N2O6/c54-52(55,56)51(53(57,58)59,43-25-23-41(45-29-7-15-37(16-8-29)66-49(43)45)47(62)31-11-19-35(20-12-31)64-39-5-1-3-33(60)27-39)44-26-24-42(46-30-9-17-38(18-10-30)67-50(44)46)48(63)32-13-21-36(22-14-32)65-40-6-2-4-34(61)28-40/h1-28H,60-61H2. The minimum atomic E-state index is -6.15. The van der Waals surface area contributed by atoms with Crippen molar-refractivity contribution in [1.82, 2.24) is 0 Å². The number of nitrogen functional groups attached to an aromatic ring is 2. The highest BCUT2D eigenvalue weighted by molar-refractivity contribution is 6.15. The Morgan fingerprint density at radius 2 is 0.806 bits per heavy atom. The molecule has 8 aromatic rings. The van der Waals surface area contributed by atoms with E-state index < -0.39 is 52.0 Å². The Hall–Kier alpha value is -8.52. The number of hydrogen-bond acceptors (Lipinski definition) is 8. The number of carbonyl (C=O) groups is 2. The predicted molar refractivity (Wildman–Crippen MR) is 238 cm³/mol. The number of hydrogen-bond donors (Lipinski definition) is 2. The molecule has 8 aromatic carbocycles. The van der Waals surface area contributed by atoms with Gasteiger partial charge in [0.25, 0.3) is 0 Å². The summed E-state index contributed by atoms with van der Waals surface area (Å²) in [6.07, 6.45) is -12.3. The van der Waals surface area contributed by atoms with E-state index in [-0.39, 0.29) is 56.0 Å². The maximum Gasteiger partial charge on any atom is 0.411 e. The van der Waals surface area contributed by atoms with Crippen molar-refractivity contribution in [2.75, 3.05) is 11.5 Å². The van der Waals surface area contributed by atoms with Crippen molar-refractivity contribution in [3.05, 3.63) is 203 Å². The smallest absolute Gasteiger partial charge is 0.411 e. The van der Waals surface area contributed by atoms with Crippen LogP contribution in [-0.4, -0.2) is 23.9 Å². The predicted octanol–water partition coefficient (Wildman–Crippen LogP) is 13.9. The van der Waals surface area contributed by atoms with E-state index in [4.69, 9.17) is 30.4 Å². The third-order valence-corrected chi connectivity index (χ3v) is 11.6. The van der Waals surface area contributed by atoms with Crippen LogP contribution in [0.15, 0.2) is 170 Å². The maximum atomic E-state index is 16.4. The van der Waals surface area contributed by atoms with Crippen LogP contribution in [0.4, 0.5) is 37.7 Å². The fourth-order valence-corrected chi connectivity index (χ4v) is 8.54. The Kier molecular flexibility index (Phi) is 10.1. The molecule has 67 heavy (non-hydrogen) atoms. The summed E-state index contributed by atoms with van der Waals surface area (Å²) in [6.45, 7) is 0. The second-order valence-corrected chi connectivity index (χ2v) is 15.8. The first kappa shape index (κ1) is 42.4. The van der Waals surface area contributed by atoms with Crippen LogP contribution in [0.5, 0.6) is 46.0 Å². The van der Waals surface area contributed by atoms with Gasteiger partial charge < -0.3 is 30.4 Å². The molecule has 4 bridgehead atoms. The van der Waals surface area contributed by atoms with Gasteiger partial charge in [-0.2, -0.15) is 26.3 Å². The first-order valence-corrected chi connectivity index (χ1v) is 20.5. The zero-order valence-corrected chi connectivity index (χ0v) is 34.5. The van der Waals surface area contributed by atoms with Crippen molar-refractivity contribution in [1.29, 1.82) is 0 Å². The number of anilines is 2. The van der Waals surface area contributed by atoms with Gasteiger partial charge in [-0.05, 0) is 120 Å². The lowest BCUT2D eigenvalue weighted by Gasteiger charge is -2.40. The second-order valence-electron chi connectivity index (χ2n) is 15.8. The molecule has 4 N–H and O–H groups in total. The molecule has 8 nitrogen and oxygen atoms in total. The molecule has 0 saturated carbocycles. The number of rotatable bonds is 10. The molecule has 0 fully saturated rings. The Bertz CT molecular complexity index is 3040. The summed E-state index contributed by atoms with van der Waals surface area (Å²) in [4.78, 5) is 28.8. The summed E-state index contributed by atoms with van der Waals surface area (Å²) >= 11 is 0. The van der Waals surface area contributed by atoms with Crippen LogP contribution in [0.25, 0.3) is 22.3 Å². The van der Waals surface area contributed by atoms with Gasteiger partial charge in [0.05, 0.1) is 0 Å². The van der Waals surface area contributed by atoms with Crippen LogP contribution < -0.4 is 30.4 Å². The fraction of sp³-hybridized carbons (Fsp3) is 0.0566. The summed E-state index contributed by atoms with van der Waals surface area (Å²) in [5.74, 6) is -1.77. The third kappa shape index (κ3) is 7.32. The maximum absolute atomic E-state index is 16.4. The molecule has 0 saturated heterocycles. The van der Waals surface area contributed by atoms with Crippen LogP contribution in [-0.2, 0) is 5.41 Å². The first-order valence-electron chi connectivity index (χ1n) is 20.5. The second kappa shape index (κ2) is 15.9. The average Bonchev–Trinajstić information content (AvgIpc) is 3.77. The van der Waals surface area contributed by atoms with E-state index in [0.717, 1.165) is 12.1 Å². The molecule has 0 spiro atoms. The number of carbonyl (C=O) groups excluding carboxylic acids is 2. The Balaban J connectivity index is 1.12. The molecule has 0 unspecified atom stereocenters. The van der Waals surface area contributed by atoms with Crippen LogP contribution in [0.2, 0.25) is 0 Å². The molecular weight excluding hydrogens is 875 g/mol. The van der Waals surface area contributed by atoms with Gasteiger partial charge in [-0.3, -0.25) is 9.59 Å². The molecule has 0 radical (unpaired) electrons. The van der Waals surface area contributed by atoms with Crippen molar-refractivity contribution in [3.8, 4) is 68.2 Å². The number of nitrogens with two attached hydrogens (primary N) is 2. The molecule has 0 amide bonds. The minimum Gasteiger partial charge on any atom is -0.457 e. The Labute approximate surface area is 377 Å². The van der Waals surface area contributed by atoms with Gasteiger partial charge in [0, 0.05) is 68.0 Å². The van der Waals surface area contributed by atoms with Crippen molar-refractivity contribution in [3.63, 3.8) is 0 Å². The van der Waals surface area contributed by atoms with E-state index in [1.807, 2.05) is 0 Å². The lowest BCUT2D eigenvalue weighted by atomic mass is 9.69. The largest absolute Gasteiger partial charge is 0.457 e. The molecule has 14 heteroatoms. The third-order valence-electron chi connectivity index (χ3n) is 11.6. The highest BCUT2D eigenvalue weighted by Crippen LogP contribution is 2.64.